The summed E-state index contributed by atoms with van der Waals surface area (Å²) in [6.07, 6.45) is 2.87. The smallest absolute Gasteiger partial charge is 0.241 e. The maximum Gasteiger partial charge on any atom is 0.241 e. The van der Waals surface area contributed by atoms with E-state index in [-0.39, 0.29) is 22.8 Å². The van der Waals surface area contributed by atoms with Gasteiger partial charge in [-0.2, -0.15) is 4.72 Å². The molecule has 2 unspecified atom stereocenters. The van der Waals surface area contributed by atoms with Gasteiger partial charge in [-0.1, -0.05) is 55.8 Å². The van der Waals surface area contributed by atoms with E-state index in [1.54, 1.807) is 24.3 Å². The molecule has 1 aliphatic carbocycles. The number of amides is 1. The molecule has 0 spiro atoms. The van der Waals surface area contributed by atoms with Crippen LogP contribution in [0.3, 0.4) is 0 Å². The first-order valence-electron chi connectivity index (χ1n) is 9.75. The van der Waals surface area contributed by atoms with Gasteiger partial charge in [-0.15, -0.1) is 0 Å². The molecule has 0 fully saturated rings. The van der Waals surface area contributed by atoms with E-state index in [4.69, 9.17) is 0 Å². The lowest BCUT2D eigenvalue weighted by molar-refractivity contribution is -0.124. The lowest BCUT2D eigenvalue weighted by atomic mass is 9.87. The molecular weight excluding hydrogens is 372 g/mol. The molecule has 1 amide bonds. The van der Waals surface area contributed by atoms with Gasteiger partial charge in [0.25, 0.3) is 0 Å². The minimum absolute atomic E-state index is 0.0809. The summed E-state index contributed by atoms with van der Waals surface area (Å²) in [6, 6.07) is 13.8. The molecule has 0 aromatic heterocycles. The maximum absolute atomic E-state index is 13.0. The standard InChI is InChI=1S/C22H28N2O3S/c1-15(2)21(24-28(26,27)18-13-11-16(3)12-14-18)22(25)23-20-10-6-8-17-7-4-5-9-19(17)20/h4-5,7,9,11-15,20-21,24H,6,8,10H2,1-3H3,(H,23,25). The molecular formula is C22H28N2O3S. The highest BCUT2D eigenvalue weighted by Gasteiger charge is 2.31. The number of sulfonamides is 1. The second-order valence-corrected chi connectivity index (χ2v) is 9.52. The molecule has 3 rings (SSSR count). The van der Waals surface area contributed by atoms with E-state index in [2.05, 4.69) is 16.1 Å². The Morgan fingerprint density at radius 3 is 2.43 bits per heavy atom. The highest BCUT2D eigenvalue weighted by molar-refractivity contribution is 7.89. The number of hydrogen-bond acceptors (Lipinski definition) is 3. The number of carbonyl (C=O) groups is 1. The van der Waals surface area contributed by atoms with Gasteiger partial charge in [0, 0.05) is 0 Å². The van der Waals surface area contributed by atoms with Gasteiger partial charge in [0.1, 0.15) is 6.04 Å². The first-order valence-corrected chi connectivity index (χ1v) is 11.2. The van der Waals surface area contributed by atoms with Crippen molar-refractivity contribution in [3.63, 3.8) is 0 Å². The van der Waals surface area contributed by atoms with Crippen molar-refractivity contribution in [2.75, 3.05) is 0 Å². The van der Waals surface area contributed by atoms with E-state index in [1.165, 1.54) is 5.56 Å². The molecule has 0 saturated carbocycles. The molecule has 150 valence electrons. The van der Waals surface area contributed by atoms with Crippen molar-refractivity contribution in [2.45, 2.75) is 57.0 Å². The van der Waals surface area contributed by atoms with Gasteiger partial charge in [-0.3, -0.25) is 4.79 Å². The maximum atomic E-state index is 13.0. The third-order valence-corrected chi connectivity index (χ3v) is 6.71. The van der Waals surface area contributed by atoms with E-state index in [1.807, 2.05) is 39.0 Å². The summed E-state index contributed by atoms with van der Waals surface area (Å²) in [5.74, 6) is -0.466. The van der Waals surface area contributed by atoms with Crippen LogP contribution in [0.2, 0.25) is 0 Å². The molecule has 1 aliphatic rings. The Morgan fingerprint density at radius 2 is 1.75 bits per heavy atom. The molecule has 0 saturated heterocycles. The largest absolute Gasteiger partial charge is 0.348 e. The lowest BCUT2D eigenvalue weighted by Gasteiger charge is -2.29. The van der Waals surface area contributed by atoms with Crippen molar-refractivity contribution in [1.29, 1.82) is 0 Å². The second kappa shape index (κ2) is 8.45. The SMILES string of the molecule is Cc1ccc(S(=O)(=O)NC(C(=O)NC2CCCc3ccccc32)C(C)C)cc1. The van der Waals surface area contributed by atoms with Crippen molar-refractivity contribution >= 4 is 15.9 Å². The predicted molar refractivity (Wildman–Crippen MR) is 110 cm³/mol. The van der Waals surface area contributed by atoms with Gasteiger partial charge < -0.3 is 5.32 Å². The minimum Gasteiger partial charge on any atom is -0.348 e. The van der Waals surface area contributed by atoms with Crippen molar-refractivity contribution in [3.8, 4) is 0 Å². The van der Waals surface area contributed by atoms with Gasteiger partial charge in [-0.05, 0) is 55.4 Å². The third kappa shape index (κ3) is 4.62. The first kappa shape index (κ1) is 20.6. The number of aryl methyl sites for hydroxylation is 2. The number of hydrogen-bond donors (Lipinski definition) is 2. The number of carbonyl (C=O) groups excluding carboxylic acids is 1. The molecule has 28 heavy (non-hydrogen) atoms. The summed E-state index contributed by atoms with van der Waals surface area (Å²) >= 11 is 0. The molecule has 5 nitrogen and oxygen atoms in total. The van der Waals surface area contributed by atoms with Crippen molar-refractivity contribution in [1.82, 2.24) is 10.0 Å². The molecule has 2 aromatic rings. The fourth-order valence-electron chi connectivity index (χ4n) is 3.61. The average Bonchev–Trinajstić information content (AvgIpc) is 2.66. The first-order chi connectivity index (χ1) is 13.3. The Labute approximate surface area is 167 Å². The van der Waals surface area contributed by atoms with Crippen LogP contribution < -0.4 is 10.0 Å². The fourth-order valence-corrected chi connectivity index (χ4v) is 4.95. The van der Waals surface area contributed by atoms with Crippen LogP contribution in [0.15, 0.2) is 53.4 Å². The molecule has 0 aliphatic heterocycles. The topological polar surface area (TPSA) is 75.3 Å². The van der Waals surface area contributed by atoms with Crippen LogP contribution >= 0.6 is 0 Å². The van der Waals surface area contributed by atoms with Gasteiger partial charge in [0.05, 0.1) is 10.9 Å². The third-order valence-electron chi connectivity index (χ3n) is 5.25. The van der Waals surface area contributed by atoms with Gasteiger partial charge in [0.15, 0.2) is 0 Å². The molecule has 2 N–H and O–H groups in total. The van der Waals surface area contributed by atoms with Crippen LogP contribution in [0.4, 0.5) is 0 Å². The Morgan fingerprint density at radius 1 is 1.07 bits per heavy atom. The number of rotatable bonds is 6. The molecule has 2 aromatic carbocycles. The number of fused-ring (bicyclic) bond motifs is 1. The number of nitrogens with one attached hydrogen (secondary N) is 2. The highest BCUT2D eigenvalue weighted by atomic mass is 32.2. The van der Waals surface area contributed by atoms with E-state index < -0.39 is 16.1 Å². The zero-order chi connectivity index (χ0) is 20.3. The molecule has 0 heterocycles. The molecule has 2 atom stereocenters. The van der Waals surface area contributed by atoms with E-state index in [9.17, 15) is 13.2 Å². The molecule has 0 radical (unpaired) electrons. The Bertz CT molecular complexity index is 937. The zero-order valence-electron chi connectivity index (χ0n) is 16.6. The lowest BCUT2D eigenvalue weighted by Crippen LogP contribution is -2.50. The Balaban J connectivity index is 1.77. The van der Waals surface area contributed by atoms with Crippen LogP contribution in [-0.2, 0) is 21.2 Å². The van der Waals surface area contributed by atoms with Crippen molar-refractivity contribution in [2.24, 2.45) is 5.92 Å². The van der Waals surface area contributed by atoms with Gasteiger partial charge in [0.2, 0.25) is 15.9 Å². The molecule has 6 heteroatoms. The summed E-state index contributed by atoms with van der Waals surface area (Å²) in [5.41, 5.74) is 3.36. The van der Waals surface area contributed by atoms with Gasteiger partial charge >= 0.3 is 0 Å². The Kier molecular flexibility index (Phi) is 6.20. The summed E-state index contributed by atoms with van der Waals surface area (Å²) in [4.78, 5) is 13.2. The van der Waals surface area contributed by atoms with Crippen molar-refractivity contribution < 1.29 is 13.2 Å². The highest BCUT2D eigenvalue weighted by Crippen LogP contribution is 2.29. The van der Waals surface area contributed by atoms with Crippen LogP contribution in [0.25, 0.3) is 0 Å². The minimum atomic E-state index is -3.78. The van der Waals surface area contributed by atoms with Crippen LogP contribution in [-0.4, -0.2) is 20.4 Å². The quantitative estimate of drug-likeness (QED) is 0.779. The summed E-state index contributed by atoms with van der Waals surface area (Å²) in [5, 5.41) is 3.07. The zero-order valence-corrected chi connectivity index (χ0v) is 17.4. The average molecular weight is 401 g/mol. The summed E-state index contributed by atoms with van der Waals surface area (Å²) in [7, 11) is -3.78. The molecule has 0 bridgehead atoms. The second-order valence-electron chi connectivity index (χ2n) is 7.81. The fraction of sp³-hybridized carbons (Fsp3) is 0.409. The normalized spacial score (nSPS) is 17.8. The van der Waals surface area contributed by atoms with E-state index >= 15 is 0 Å². The summed E-state index contributed by atoms with van der Waals surface area (Å²) in [6.45, 7) is 5.59. The van der Waals surface area contributed by atoms with E-state index in [0.29, 0.717) is 0 Å². The van der Waals surface area contributed by atoms with Crippen LogP contribution in [0, 0.1) is 12.8 Å². The van der Waals surface area contributed by atoms with Crippen molar-refractivity contribution in [3.05, 3.63) is 65.2 Å². The summed E-state index contributed by atoms with van der Waals surface area (Å²) < 4.78 is 28.1. The predicted octanol–water partition coefficient (Wildman–Crippen LogP) is 3.49. The monoisotopic (exact) mass is 400 g/mol. The van der Waals surface area contributed by atoms with Gasteiger partial charge in [-0.25, -0.2) is 8.42 Å². The van der Waals surface area contributed by atoms with Crippen LogP contribution in [0.5, 0.6) is 0 Å². The van der Waals surface area contributed by atoms with Crippen LogP contribution in [0.1, 0.15) is 49.4 Å². The Hall–Kier alpha value is -2.18. The number of benzene rings is 2. The van der Waals surface area contributed by atoms with E-state index in [0.717, 1.165) is 30.4 Å².